The summed E-state index contributed by atoms with van der Waals surface area (Å²) >= 11 is 0. The SMILES string of the molecule is CCOC(=O)N(C(=O)C(C)(C)C)c1cccc(OC2CCCCO2)c1C(=O)CC(=O)c1ccc(C#N)cc1. The summed E-state index contributed by atoms with van der Waals surface area (Å²) in [5.74, 6) is -1.62. The second kappa shape index (κ2) is 12.5. The van der Waals surface area contributed by atoms with E-state index in [2.05, 4.69) is 0 Å². The second-order valence-corrected chi connectivity index (χ2v) is 9.87. The summed E-state index contributed by atoms with van der Waals surface area (Å²) in [5, 5.41) is 9.01. The van der Waals surface area contributed by atoms with Crippen LogP contribution in [0.5, 0.6) is 5.75 Å². The number of rotatable bonds is 8. The lowest BCUT2D eigenvalue weighted by Gasteiger charge is -2.30. The molecule has 200 valence electrons. The van der Waals surface area contributed by atoms with E-state index >= 15 is 0 Å². The molecular formula is C29H32N2O7. The molecule has 0 aromatic heterocycles. The maximum absolute atomic E-state index is 13.7. The molecule has 0 saturated carbocycles. The molecule has 2 aromatic rings. The third-order valence-corrected chi connectivity index (χ3v) is 5.87. The van der Waals surface area contributed by atoms with Crippen LogP contribution in [0.3, 0.4) is 0 Å². The van der Waals surface area contributed by atoms with Crippen molar-refractivity contribution in [1.82, 2.24) is 0 Å². The summed E-state index contributed by atoms with van der Waals surface area (Å²) < 4.78 is 16.9. The van der Waals surface area contributed by atoms with Gasteiger partial charge in [-0.2, -0.15) is 5.26 Å². The predicted molar refractivity (Wildman–Crippen MR) is 139 cm³/mol. The van der Waals surface area contributed by atoms with Crippen LogP contribution < -0.4 is 9.64 Å². The number of hydrogen-bond acceptors (Lipinski definition) is 8. The van der Waals surface area contributed by atoms with Crippen molar-refractivity contribution >= 4 is 29.3 Å². The molecule has 0 N–H and O–H groups in total. The molecule has 3 rings (SSSR count). The Bertz CT molecular complexity index is 1230. The van der Waals surface area contributed by atoms with Crippen molar-refractivity contribution in [2.24, 2.45) is 5.41 Å². The van der Waals surface area contributed by atoms with Gasteiger partial charge in [-0.1, -0.05) is 39.0 Å². The number of imide groups is 1. The van der Waals surface area contributed by atoms with E-state index in [4.69, 9.17) is 19.5 Å². The third-order valence-electron chi connectivity index (χ3n) is 5.87. The van der Waals surface area contributed by atoms with Gasteiger partial charge in [0.15, 0.2) is 17.9 Å². The van der Waals surface area contributed by atoms with Gasteiger partial charge >= 0.3 is 6.09 Å². The van der Waals surface area contributed by atoms with Crippen LogP contribution >= 0.6 is 0 Å². The molecule has 2 amide bonds. The van der Waals surface area contributed by atoms with Crippen LogP contribution in [0.15, 0.2) is 42.5 Å². The molecule has 1 atom stereocenters. The maximum atomic E-state index is 13.7. The van der Waals surface area contributed by atoms with Gasteiger partial charge in [0.05, 0.1) is 42.5 Å². The summed E-state index contributed by atoms with van der Waals surface area (Å²) in [4.78, 5) is 54.0. The van der Waals surface area contributed by atoms with Crippen LogP contribution in [0.1, 0.15) is 79.7 Å². The fraction of sp³-hybridized carbons (Fsp3) is 0.414. The van der Waals surface area contributed by atoms with E-state index in [1.54, 1.807) is 39.8 Å². The summed E-state index contributed by atoms with van der Waals surface area (Å²) in [5.41, 5.74) is -0.480. The largest absolute Gasteiger partial charge is 0.464 e. The highest BCUT2D eigenvalue weighted by molar-refractivity contribution is 6.21. The molecule has 2 aromatic carbocycles. The van der Waals surface area contributed by atoms with Crippen molar-refractivity contribution in [3.63, 3.8) is 0 Å². The van der Waals surface area contributed by atoms with E-state index in [0.29, 0.717) is 18.6 Å². The molecular weight excluding hydrogens is 488 g/mol. The smallest absolute Gasteiger partial charge is 0.421 e. The van der Waals surface area contributed by atoms with Crippen LogP contribution in [-0.4, -0.2) is 43.1 Å². The lowest BCUT2D eigenvalue weighted by Crippen LogP contribution is -2.45. The van der Waals surface area contributed by atoms with E-state index in [1.807, 2.05) is 6.07 Å². The zero-order valence-corrected chi connectivity index (χ0v) is 22.1. The van der Waals surface area contributed by atoms with Crippen molar-refractivity contribution in [2.75, 3.05) is 18.1 Å². The number of hydrogen-bond donors (Lipinski definition) is 0. The number of amides is 2. The molecule has 38 heavy (non-hydrogen) atoms. The Morgan fingerprint density at radius 1 is 1.05 bits per heavy atom. The van der Waals surface area contributed by atoms with Crippen molar-refractivity contribution in [2.45, 2.75) is 59.7 Å². The molecule has 1 aliphatic rings. The molecule has 9 nitrogen and oxygen atoms in total. The first-order valence-electron chi connectivity index (χ1n) is 12.6. The van der Waals surface area contributed by atoms with Gasteiger partial charge in [0.1, 0.15) is 5.75 Å². The summed E-state index contributed by atoms with van der Waals surface area (Å²) in [6.45, 7) is 7.07. The monoisotopic (exact) mass is 520 g/mol. The second-order valence-electron chi connectivity index (χ2n) is 9.87. The molecule has 1 fully saturated rings. The van der Waals surface area contributed by atoms with Crippen LogP contribution in [0.2, 0.25) is 0 Å². The maximum Gasteiger partial charge on any atom is 0.421 e. The Balaban J connectivity index is 2.08. The third kappa shape index (κ3) is 6.84. The Morgan fingerprint density at radius 2 is 1.76 bits per heavy atom. The summed E-state index contributed by atoms with van der Waals surface area (Å²) in [6, 6.07) is 12.5. The molecule has 1 aliphatic heterocycles. The highest BCUT2D eigenvalue weighted by Gasteiger charge is 2.37. The highest BCUT2D eigenvalue weighted by atomic mass is 16.7. The quantitative estimate of drug-likeness (QED) is 0.332. The van der Waals surface area contributed by atoms with Gasteiger partial charge in [0, 0.05) is 17.4 Å². The van der Waals surface area contributed by atoms with Crippen molar-refractivity contribution in [3.8, 4) is 11.8 Å². The number of ether oxygens (including phenoxy) is 3. The van der Waals surface area contributed by atoms with Gasteiger partial charge in [-0.15, -0.1) is 0 Å². The van der Waals surface area contributed by atoms with E-state index in [9.17, 15) is 19.2 Å². The van der Waals surface area contributed by atoms with Crippen LogP contribution in [0, 0.1) is 16.7 Å². The Kier molecular flexibility index (Phi) is 9.37. The van der Waals surface area contributed by atoms with Gasteiger partial charge in [-0.25, -0.2) is 9.69 Å². The molecule has 0 spiro atoms. The van der Waals surface area contributed by atoms with Gasteiger partial charge in [0.25, 0.3) is 0 Å². The zero-order chi connectivity index (χ0) is 27.9. The number of ketones is 2. The number of nitrogens with zero attached hydrogens (tertiary/aromatic N) is 2. The van der Waals surface area contributed by atoms with Crippen molar-refractivity contribution in [3.05, 3.63) is 59.2 Å². The van der Waals surface area contributed by atoms with Gasteiger partial charge < -0.3 is 14.2 Å². The molecule has 1 unspecified atom stereocenters. The summed E-state index contributed by atoms with van der Waals surface area (Å²) in [6.07, 6.45) is 0.263. The number of benzene rings is 2. The minimum atomic E-state index is -0.991. The Morgan fingerprint density at radius 3 is 2.34 bits per heavy atom. The molecule has 0 aliphatic carbocycles. The normalized spacial score (nSPS) is 15.2. The minimum Gasteiger partial charge on any atom is -0.464 e. The molecule has 0 bridgehead atoms. The Labute approximate surface area is 222 Å². The van der Waals surface area contributed by atoms with Crippen LogP contribution in [0.4, 0.5) is 10.5 Å². The number of carbonyl (C=O) groups excluding carboxylic acids is 4. The van der Waals surface area contributed by atoms with E-state index in [1.165, 1.54) is 30.3 Å². The first-order chi connectivity index (χ1) is 18.1. The fourth-order valence-corrected chi connectivity index (χ4v) is 3.91. The Hall–Kier alpha value is -4.03. The topological polar surface area (TPSA) is 123 Å². The average Bonchev–Trinajstić information content (AvgIpc) is 2.89. The molecule has 1 heterocycles. The average molecular weight is 521 g/mol. The van der Waals surface area contributed by atoms with Crippen LogP contribution in [0.25, 0.3) is 0 Å². The summed E-state index contributed by atoms with van der Waals surface area (Å²) in [7, 11) is 0. The van der Waals surface area contributed by atoms with Gasteiger partial charge in [-0.05, 0) is 44.0 Å². The number of anilines is 1. The first kappa shape index (κ1) is 28.5. The van der Waals surface area contributed by atoms with Crippen molar-refractivity contribution in [1.29, 1.82) is 5.26 Å². The lowest BCUT2D eigenvalue weighted by molar-refractivity contribution is -0.125. The van der Waals surface area contributed by atoms with Gasteiger partial charge in [0.2, 0.25) is 5.91 Å². The fourth-order valence-electron chi connectivity index (χ4n) is 3.91. The van der Waals surface area contributed by atoms with Crippen LogP contribution in [-0.2, 0) is 14.3 Å². The lowest BCUT2D eigenvalue weighted by atomic mass is 9.93. The standard InChI is InChI=1S/C29H32N2O7/c1-5-36-28(35)31(27(34)29(2,3)4)21-9-8-10-24(38-25-11-6-7-16-37-25)26(21)23(33)17-22(32)20-14-12-19(18-30)13-15-20/h8-10,12-15,25H,5-7,11,16-17H2,1-4H3. The van der Waals surface area contributed by atoms with E-state index < -0.39 is 41.7 Å². The number of Topliss-reactive ketones (excluding diaryl/α,β-unsaturated/α-hetero) is 2. The van der Waals surface area contributed by atoms with Gasteiger partial charge in [-0.3, -0.25) is 14.4 Å². The van der Waals surface area contributed by atoms with E-state index in [-0.39, 0.29) is 29.2 Å². The predicted octanol–water partition coefficient (Wildman–Crippen LogP) is 5.45. The first-order valence-corrected chi connectivity index (χ1v) is 12.6. The number of nitriles is 1. The molecule has 0 radical (unpaired) electrons. The molecule has 9 heteroatoms. The van der Waals surface area contributed by atoms with E-state index in [0.717, 1.165) is 17.7 Å². The minimum absolute atomic E-state index is 0.0132. The highest BCUT2D eigenvalue weighted by Crippen LogP contribution is 2.35. The van der Waals surface area contributed by atoms with Crippen molar-refractivity contribution < 1.29 is 33.4 Å². The molecule has 1 saturated heterocycles. The number of carbonyl (C=O) groups is 4. The zero-order valence-electron chi connectivity index (χ0n) is 22.1.